The van der Waals surface area contributed by atoms with Gasteiger partial charge >= 0.3 is 5.97 Å². The first-order valence-electron chi connectivity index (χ1n) is 3.61. The van der Waals surface area contributed by atoms with Gasteiger partial charge in [-0.25, -0.2) is 0 Å². The van der Waals surface area contributed by atoms with E-state index < -0.39 is 0 Å². The third kappa shape index (κ3) is 2.57. The van der Waals surface area contributed by atoms with E-state index in [4.69, 9.17) is 4.74 Å². The first-order valence-corrected chi connectivity index (χ1v) is 3.61. The fourth-order valence-corrected chi connectivity index (χ4v) is 1.04. The summed E-state index contributed by atoms with van der Waals surface area (Å²) in [5, 5.41) is 2.69. The van der Waals surface area contributed by atoms with Crippen LogP contribution in [0.1, 0.15) is 19.8 Å². The van der Waals surface area contributed by atoms with Crippen LogP contribution in [0.2, 0.25) is 0 Å². The predicted octanol–water partition coefficient (Wildman–Crippen LogP) is -0.172. The lowest BCUT2D eigenvalue weighted by Gasteiger charge is -2.21. The normalized spacial score (nSPS) is 24.1. The Labute approximate surface area is 64.9 Å². The molecule has 0 aliphatic carbocycles. The number of hydrogen-bond acceptors (Lipinski definition) is 3. The van der Waals surface area contributed by atoms with Gasteiger partial charge in [0.1, 0.15) is 6.61 Å². The lowest BCUT2D eigenvalue weighted by Crippen LogP contribution is -2.40. The van der Waals surface area contributed by atoms with Gasteiger partial charge in [0, 0.05) is 13.3 Å². The second kappa shape index (κ2) is 3.37. The quantitative estimate of drug-likeness (QED) is 0.537. The van der Waals surface area contributed by atoms with E-state index in [2.05, 4.69) is 5.32 Å². The standard InChI is InChI=1S/C7H11NO3/c1-5(9)8-6-2-3-7(10)11-4-6/h6H,2-4H2,1H3,(H,8,9). The SMILES string of the molecule is CC(=O)NC1CCC(=O)OC1. The molecular formula is C7H11NO3. The molecule has 0 bridgehead atoms. The van der Waals surface area contributed by atoms with Crippen molar-refractivity contribution in [3.8, 4) is 0 Å². The summed E-state index contributed by atoms with van der Waals surface area (Å²) in [5.41, 5.74) is 0. The van der Waals surface area contributed by atoms with Crippen molar-refractivity contribution in [3.63, 3.8) is 0 Å². The van der Waals surface area contributed by atoms with Crippen LogP contribution in [0.3, 0.4) is 0 Å². The topological polar surface area (TPSA) is 55.4 Å². The first kappa shape index (κ1) is 8.04. The number of nitrogens with one attached hydrogen (secondary N) is 1. The van der Waals surface area contributed by atoms with Gasteiger partial charge in [-0.2, -0.15) is 0 Å². The summed E-state index contributed by atoms with van der Waals surface area (Å²) in [6, 6.07) is 0.0187. The molecule has 1 saturated heterocycles. The zero-order valence-corrected chi connectivity index (χ0v) is 6.42. The fraction of sp³-hybridized carbons (Fsp3) is 0.714. The molecule has 62 valence electrons. The zero-order chi connectivity index (χ0) is 8.27. The highest BCUT2D eigenvalue weighted by Crippen LogP contribution is 2.06. The summed E-state index contributed by atoms with van der Waals surface area (Å²) in [7, 11) is 0. The molecule has 1 aliphatic rings. The average Bonchev–Trinajstić information content (AvgIpc) is 1.93. The molecule has 0 aromatic heterocycles. The number of cyclic esters (lactones) is 1. The molecule has 1 atom stereocenters. The lowest BCUT2D eigenvalue weighted by atomic mass is 10.1. The van der Waals surface area contributed by atoms with Gasteiger partial charge in [-0.3, -0.25) is 9.59 Å². The van der Waals surface area contributed by atoms with Crippen LogP contribution >= 0.6 is 0 Å². The zero-order valence-electron chi connectivity index (χ0n) is 6.42. The minimum atomic E-state index is -0.174. The van der Waals surface area contributed by atoms with Crippen molar-refractivity contribution in [2.45, 2.75) is 25.8 Å². The van der Waals surface area contributed by atoms with Gasteiger partial charge in [-0.1, -0.05) is 0 Å². The Bertz CT molecular complexity index is 169. The lowest BCUT2D eigenvalue weighted by molar-refractivity contribution is -0.148. The molecule has 1 amide bonds. The Morgan fingerprint density at radius 3 is 2.91 bits per heavy atom. The Hall–Kier alpha value is -1.06. The average molecular weight is 157 g/mol. The van der Waals surface area contributed by atoms with Gasteiger partial charge in [0.2, 0.25) is 5.91 Å². The summed E-state index contributed by atoms with van der Waals surface area (Å²) in [5.74, 6) is -0.250. The van der Waals surface area contributed by atoms with Crippen LogP contribution in [0.15, 0.2) is 0 Å². The van der Waals surface area contributed by atoms with Crippen LogP contribution in [0.4, 0.5) is 0 Å². The number of carbonyl (C=O) groups excluding carboxylic acids is 2. The van der Waals surface area contributed by atoms with E-state index in [9.17, 15) is 9.59 Å². The summed E-state index contributed by atoms with van der Waals surface area (Å²) < 4.78 is 4.74. The smallest absolute Gasteiger partial charge is 0.305 e. The van der Waals surface area contributed by atoms with Crippen molar-refractivity contribution in [1.29, 1.82) is 0 Å². The Kier molecular flexibility index (Phi) is 2.46. The largest absolute Gasteiger partial charge is 0.463 e. The van der Waals surface area contributed by atoms with Gasteiger partial charge < -0.3 is 10.1 Å². The van der Waals surface area contributed by atoms with Gasteiger partial charge in [0.05, 0.1) is 6.04 Å². The molecule has 4 heteroatoms. The number of ether oxygens (including phenoxy) is 1. The fourth-order valence-electron chi connectivity index (χ4n) is 1.04. The maximum absolute atomic E-state index is 10.6. The van der Waals surface area contributed by atoms with Crippen LogP contribution in [0.5, 0.6) is 0 Å². The van der Waals surface area contributed by atoms with E-state index in [-0.39, 0.29) is 17.9 Å². The van der Waals surface area contributed by atoms with Crippen LogP contribution in [-0.2, 0) is 14.3 Å². The summed E-state index contributed by atoms with van der Waals surface area (Å²) in [6.07, 6.45) is 1.10. The molecule has 4 nitrogen and oxygen atoms in total. The maximum Gasteiger partial charge on any atom is 0.305 e. The Balaban J connectivity index is 2.28. The van der Waals surface area contributed by atoms with Gasteiger partial charge in [-0.05, 0) is 6.42 Å². The molecular weight excluding hydrogens is 146 g/mol. The molecule has 1 fully saturated rings. The first-order chi connectivity index (χ1) is 5.18. The molecule has 0 spiro atoms. The molecule has 1 aliphatic heterocycles. The van der Waals surface area contributed by atoms with Crippen molar-refractivity contribution in [2.24, 2.45) is 0 Å². The van der Waals surface area contributed by atoms with Crippen LogP contribution in [-0.4, -0.2) is 24.5 Å². The van der Waals surface area contributed by atoms with E-state index in [1.54, 1.807) is 0 Å². The number of rotatable bonds is 1. The number of carbonyl (C=O) groups is 2. The van der Waals surface area contributed by atoms with Crippen LogP contribution in [0, 0.1) is 0 Å². The minimum Gasteiger partial charge on any atom is -0.463 e. The van der Waals surface area contributed by atoms with Gasteiger partial charge in [0.25, 0.3) is 0 Å². The second-order valence-electron chi connectivity index (χ2n) is 2.62. The van der Waals surface area contributed by atoms with Crippen molar-refractivity contribution < 1.29 is 14.3 Å². The number of esters is 1. The molecule has 0 saturated carbocycles. The van der Waals surface area contributed by atoms with Crippen molar-refractivity contribution in [2.75, 3.05) is 6.61 Å². The predicted molar refractivity (Wildman–Crippen MR) is 37.8 cm³/mol. The highest BCUT2D eigenvalue weighted by molar-refractivity contribution is 5.74. The minimum absolute atomic E-state index is 0.0187. The highest BCUT2D eigenvalue weighted by Gasteiger charge is 2.19. The van der Waals surface area contributed by atoms with Gasteiger partial charge in [0.15, 0.2) is 0 Å². The Morgan fingerprint density at radius 1 is 1.73 bits per heavy atom. The molecule has 1 N–H and O–H groups in total. The third-order valence-electron chi connectivity index (χ3n) is 1.55. The monoisotopic (exact) mass is 157 g/mol. The van der Waals surface area contributed by atoms with E-state index in [0.29, 0.717) is 19.4 Å². The number of amides is 1. The molecule has 0 aromatic rings. The van der Waals surface area contributed by atoms with E-state index in [1.165, 1.54) is 6.92 Å². The van der Waals surface area contributed by atoms with E-state index >= 15 is 0 Å². The van der Waals surface area contributed by atoms with Gasteiger partial charge in [-0.15, -0.1) is 0 Å². The second-order valence-corrected chi connectivity index (χ2v) is 2.62. The molecule has 1 heterocycles. The van der Waals surface area contributed by atoms with E-state index in [0.717, 1.165) is 0 Å². The highest BCUT2D eigenvalue weighted by atomic mass is 16.5. The summed E-state index contributed by atoms with van der Waals surface area (Å²) in [6.45, 7) is 1.77. The summed E-state index contributed by atoms with van der Waals surface area (Å²) in [4.78, 5) is 21.1. The summed E-state index contributed by atoms with van der Waals surface area (Å²) >= 11 is 0. The number of hydrogen-bond donors (Lipinski definition) is 1. The van der Waals surface area contributed by atoms with Crippen LogP contribution < -0.4 is 5.32 Å². The van der Waals surface area contributed by atoms with Crippen molar-refractivity contribution in [1.82, 2.24) is 5.32 Å². The maximum atomic E-state index is 10.6. The molecule has 0 radical (unpaired) electrons. The van der Waals surface area contributed by atoms with E-state index in [1.807, 2.05) is 0 Å². The van der Waals surface area contributed by atoms with Crippen molar-refractivity contribution in [3.05, 3.63) is 0 Å². The Morgan fingerprint density at radius 2 is 2.45 bits per heavy atom. The molecule has 1 rings (SSSR count). The van der Waals surface area contributed by atoms with Crippen LogP contribution in [0.25, 0.3) is 0 Å². The van der Waals surface area contributed by atoms with Crippen molar-refractivity contribution >= 4 is 11.9 Å². The molecule has 1 unspecified atom stereocenters. The molecule has 0 aromatic carbocycles. The third-order valence-corrected chi connectivity index (χ3v) is 1.55. The molecule has 11 heavy (non-hydrogen) atoms.